The molecule has 2 aromatic carbocycles. The van der Waals surface area contributed by atoms with E-state index in [0.29, 0.717) is 30.9 Å². The van der Waals surface area contributed by atoms with Crippen molar-refractivity contribution in [1.29, 1.82) is 0 Å². The Balaban J connectivity index is 2.15. The number of nitrogens with zero attached hydrogens (tertiary/aromatic N) is 2. The number of ether oxygens (including phenoxy) is 2. The van der Waals surface area contributed by atoms with Crippen molar-refractivity contribution in [2.24, 2.45) is 0 Å². The average molecular weight is 440 g/mol. The van der Waals surface area contributed by atoms with Gasteiger partial charge in [0.2, 0.25) is 0 Å². The fourth-order valence-corrected chi connectivity index (χ4v) is 3.73. The average Bonchev–Trinajstić information content (AvgIpc) is 3.04. The van der Waals surface area contributed by atoms with E-state index in [-0.39, 0.29) is 23.4 Å². The lowest BCUT2D eigenvalue weighted by Crippen LogP contribution is -2.31. The van der Waals surface area contributed by atoms with Crippen molar-refractivity contribution >= 4 is 23.1 Å². The minimum Gasteiger partial charge on any atom is -0.507 e. The molecule has 3 rings (SSSR count). The number of likely N-dealkylation sites (tertiary alicyclic amines) is 1. The molecule has 0 saturated carbocycles. The van der Waals surface area contributed by atoms with E-state index in [2.05, 4.69) is 0 Å². The molecule has 1 saturated heterocycles. The molecule has 0 radical (unpaired) electrons. The van der Waals surface area contributed by atoms with Crippen LogP contribution < -0.4 is 4.74 Å². The summed E-state index contributed by atoms with van der Waals surface area (Å²) < 4.78 is 10.4. The summed E-state index contributed by atoms with van der Waals surface area (Å²) in [7, 11) is 1.51. The van der Waals surface area contributed by atoms with Crippen molar-refractivity contribution < 1.29 is 29.1 Å². The third kappa shape index (κ3) is 4.47. The molecule has 1 fully saturated rings. The Labute approximate surface area is 185 Å². The van der Waals surface area contributed by atoms with E-state index < -0.39 is 28.4 Å². The second-order valence-corrected chi connectivity index (χ2v) is 7.11. The molecule has 0 aromatic heterocycles. The van der Waals surface area contributed by atoms with Crippen molar-refractivity contribution in [3.63, 3.8) is 0 Å². The van der Waals surface area contributed by atoms with Crippen molar-refractivity contribution in [1.82, 2.24) is 4.90 Å². The highest BCUT2D eigenvalue weighted by Gasteiger charge is 2.47. The number of hydrogen-bond acceptors (Lipinski definition) is 7. The molecule has 32 heavy (non-hydrogen) atoms. The summed E-state index contributed by atoms with van der Waals surface area (Å²) in [6.07, 6.45) is 0.420. The number of ketones is 1. The maximum absolute atomic E-state index is 13.0. The third-order valence-electron chi connectivity index (χ3n) is 5.15. The standard InChI is InChI=1S/C23H24N2O7/c1-3-32-16-11-9-15(10-12-16)21(26)19-20(17-7-4-5-8-18(17)25(29)30)24(13-6-14-31-2)23(28)22(19)27/h4-5,7-12,20,26H,3,6,13-14H2,1-2H3/b21-19-. The molecule has 2 aromatic rings. The molecular formula is C23H24N2O7. The van der Waals surface area contributed by atoms with Crippen LogP contribution >= 0.6 is 0 Å². The summed E-state index contributed by atoms with van der Waals surface area (Å²) in [5, 5.41) is 22.7. The molecule has 168 valence electrons. The second-order valence-electron chi connectivity index (χ2n) is 7.11. The lowest BCUT2D eigenvalue weighted by atomic mass is 9.94. The summed E-state index contributed by atoms with van der Waals surface area (Å²) in [5.41, 5.74) is 0.0214. The van der Waals surface area contributed by atoms with Crippen molar-refractivity contribution in [2.75, 3.05) is 26.9 Å². The largest absolute Gasteiger partial charge is 0.507 e. The van der Waals surface area contributed by atoms with Gasteiger partial charge < -0.3 is 19.5 Å². The van der Waals surface area contributed by atoms with E-state index in [1.807, 2.05) is 6.92 Å². The topological polar surface area (TPSA) is 119 Å². The maximum atomic E-state index is 13.0. The Morgan fingerprint density at radius 1 is 1.16 bits per heavy atom. The highest BCUT2D eigenvalue weighted by atomic mass is 16.6. The third-order valence-corrected chi connectivity index (χ3v) is 5.15. The molecule has 1 unspecified atom stereocenters. The fraction of sp³-hybridized carbons (Fsp3) is 0.304. The molecule has 1 N–H and O–H groups in total. The Hall–Kier alpha value is -3.72. The number of benzene rings is 2. The molecule has 1 amide bonds. The van der Waals surface area contributed by atoms with Gasteiger partial charge in [-0.25, -0.2) is 0 Å². The molecule has 0 aliphatic carbocycles. The van der Waals surface area contributed by atoms with Gasteiger partial charge in [0, 0.05) is 31.9 Å². The van der Waals surface area contributed by atoms with Gasteiger partial charge in [0.1, 0.15) is 11.5 Å². The Bertz CT molecular complexity index is 1050. The molecule has 1 aliphatic heterocycles. The lowest BCUT2D eigenvalue weighted by molar-refractivity contribution is -0.385. The molecular weight excluding hydrogens is 416 g/mol. The summed E-state index contributed by atoms with van der Waals surface area (Å²) in [6, 6.07) is 11.2. The van der Waals surface area contributed by atoms with Gasteiger partial charge in [-0.1, -0.05) is 12.1 Å². The van der Waals surface area contributed by atoms with Gasteiger partial charge in [-0.05, 0) is 43.7 Å². The van der Waals surface area contributed by atoms with Crippen LogP contribution in [0.2, 0.25) is 0 Å². The number of rotatable bonds is 9. The van der Waals surface area contributed by atoms with Crippen LogP contribution in [-0.2, 0) is 14.3 Å². The molecule has 0 bridgehead atoms. The zero-order valence-corrected chi connectivity index (χ0v) is 17.8. The van der Waals surface area contributed by atoms with Gasteiger partial charge in [-0.15, -0.1) is 0 Å². The summed E-state index contributed by atoms with van der Waals surface area (Å²) in [6.45, 7) is 2.78. The van der Waals surface area contributed by atoms with Crippen LogP contribution in [0.4, 0.5) is 5.69 Å². The first-order valence-corrected chi connectivity index (χ1v) is 10.1. The Morgan fingerprint density at radius 2 is 1.84 bits per heavy atom. The Morgan fingerprint density at radius 3 is 2.47 bits per heavy atom. The molecule has 1 atom stereocenters. The van der Waals surface area contributed by atoms with Gasteiger partial charge >= 0.3 is 0 Å². The van der Waals surface area contributed by atoms with E-state index in [0.717, 1.165) is 0 Å². The lowest BCUT2D eigenvalue weighted by Gasteiger charge is -2.25. The number of nitro benzene ring substituents is 1. The van der Waals surface area contributed by atoms with Crippen LogP contribution in [0.5, 0.6) is 5.75 Å². The van der Waals surface area contributed by atoms with E-state index in [9.17, 15) is 24.8 Å². The van der Waals surface area contributed by atoms with E-state index >= 15 is 0 Å². The molecule has 0 spiro atoms. The number of carbonyl (C=O) groups is 2. The van der Waals surface area contributed by atoms with Crippen molar-refractivity contribution in [3.05, 3.63) is 75.3 Å². The zero-order chi connectivity index (χ0) is 23.3. The van der Waals surface area contributed by atoms with Crippen LogP contribution in [0.15, 0.2) is 54.1 Å². The quantitative estimate of drug-likeness (QED) is 0.158. The van der Waals surface area contributed by atoms with Crippen LogP contribution in [0.1, 0.15) is 30.5 Å². The maximum Gasteiger partial charge on any atom is 0.295 e. The first-order valence-electron chi connectivity index (χ1n) is 10.1. The number of aliphatic hydroxyl groups is 1. The molecule has 1 aliphatic rings. The van der Waals surface area contributed by atoms with Gasteiger partial charge in [-0.3, -0.25) is 19.7 Å². The number of para-hydroxylation sites is 1. The predicted molar refractivity (Wildman–Crippen MR) is 116 cm³/mol. The van der Waals surface area contributed by atoms with E-state index in [1.54, 1.807) is 30.3 Å². The van der Waals surface area contributed by atoms with E-state index in [1.165, 1.54) is 30.2 Å². The van der Waals surface area contributed by atoms with E-state index in [4.69, 9.17) is 9.47 Å². The summed E-state index contributed by atoms with van der Waals surface area (Å²) >= 11 is 0. The first-order chi connectivity index (χ1) is 15.4. The highest BCUT2D eigenvalue weighted by molar-refractivity contribution is 6.46. The van der Waals surface area contributed by atoms with Crippen LogP contribution in [0.25, 0.3) is 5.76 Å². The van der Waals surface area contributed by atoms with Crippen molar-refractivity contribution in [2.45, 2.75) is 19.4 Å². The van der Waals surface area contributed by atoms with Crippen LogP contribution in [-0.4, -0.2) is 53.5 Å². The number of methoxy groups -OCH3 is 1. The Kier molecular flexibility index (Phi) is 7.21. The van der Waals surface area contributed by atoms with Gasteiger partial charge in [0.15, 0.2) is 0 Å². The smallest absolute Gasteiger partial charge is 0.295 e. The molecule has 9 heteroatoms. The summed E-state index contributed by atoms with van der Waals surface area (Å²) in [5.74, 6) is -1.53. The minimum absolute atomic E-state index is 0.134. The first kappa shape index (κ1) is 23.0. The number of amides is 1. The zero-order valence-electron chi connectivity index (χ0n) is 17.8. The van der Waals surface area contributed by atoms with Gasteiger partial charge in [-0.2, -0.15) is 0 Å². The number of aliphatic hydroxyl groups excluding tert-OH is 1. The van der Waals surface area contributed by atoms with Gasteiger partial charge in [0.05, 0.1) is 28.7 Å². The minimum atomic E-state index is -1.10. The highest BCUT2D eigenvalue weighted by Crippen LogP contribution is 2.42. The molecule has 1 heterocycles. The SMILES string of the molecule is CCOc1ccc(/C(O)=C2/C(=O)C(=O)N(CCCOC)C2c2ccccc2[N+](=O)[O-])cc1. The van der Waals surface area contributed by atoms with Crippen molar-refractivity contribution in [3.8, 4) is 5.75 Å². The number of nitro groups is 1. The molecule has 9 nitrogen and oxygen atoms in total. The van der Waals surface area contributed by atoms with Crippen LogP contribution in [0.3, 0.4) is 0 Å². The number of Topliss-reactive ketones (excluding diaryl/α,β-unsaturated/α-hetero) is 1. The normalized spacial score (nSPS) is 17.6. The van der Waals surface area contributed by atoms with Gasteiger partial charge in [0.25, 0.3) is 17.4 Å². The fourth-order valence-electron chi connectivity index (χ4n) is 3.73. The van der Waals surface area contributed by atoms with Crippen LogP contribution in [0, 0.1) is 10.1 Å². The number of carbonyl (C=O) groups excluding carboxylic acids is 2. The number of hydrogen-bond donors (Lipinski definition) is 1. The monoisotopic (exact) mass is 440 g/mol. The second kappa shape index (κ2) is 10.1. The predicted octanol–water partition coefficient (Wildman–Crippen LogP) is 3.45. The summed E-state index contributed by atoms with van der Waals surface area (Å²) in [4.78, 5) is 38.2.